The van der Waals surface area contributed by atoms with Crippen LogP contribution in [-0.4, -0.2) is 65.7 Å². The summed E-state index contributed by atoms with van der Waals surface area (Å²) in [6.45, 7) is 6.07. The second-order valence-electron chi connectivity index (χ2n) is 7.94. The summed E-state index contributed by atoms with van der Waals surface area (Å²) >= 11 is 0. The molecule has 1 saturated heterocycles. The number of carbonyl (C=O) groups excluding carboxylic acids is 1. The van der Waals surface area contributed by atoms with Gasteiger partial charge in [0.15, 0.2) is 0 Å². The first-order chi connectivity index (χ1) is 11.3. The van der Waals surface area contributed by atoms with Crippen LogP contribution in [0.1, 0.15) is 52.4 Å². The molecule has 2 fully saturated rings. The fourth-order valence-electron chi connectivity index (χ4n) is 4.40. The van der Waals surface area contributed by atoms with Gasteiger partial charge in [-0.2, -0.15) is 0 Å². The van der Waals surface area contributed by atoms with Crippen molar-refractivity contribution in [3.8, 4) is 0 Å². The van der Waals surface area contributed by atoms with Gasteiger partial charge >= 0.3 is 12.0 Å². The van der Waals surface area contributed by atoms with E-state index in [1.807, 2.05) is 16.8 Å². The monoisotopic (exact) mass is 339 g/mol. The molecule has 0 aromatic rings. The van der Waals surface area contributed by atoms with Gasteiger partial charge in [-0.1, -0.05) is 13.8 Å². The molecule has 2 aliphatic rings. The summed E-state index contributed by atoms with van der Waals surface area (Å²) in [5, 5.41) is 12.2. The lowest BCUT2D eigenvalue weighted by atomic mass is 9.80. The number of carbonyl (C=O) groups is 2. The van der Waals surface area contributed by atoms with Gasteiger partial charge in [-0.3, -0.25) is 9.69 Å². The number of urea groups is 1. The molecule has 6 heteroatoms. The van der Waals surface area contributed by atoms with E-state index in [4.69, 9.17) is 5.11 Å². The highest BCUT2D eigenvalue weighted by Gasteiger charge is 2.28. The maximum absolute atomic E-state index is 12.6. The third kappa shape index (κ3) is 5.65. The SMILES string of the molecule is CC1CC(C)CC(NC(=O)N2CCCC(N(C)CC(=O)O)CC2)C1. The maximum atomic E-state index is 12.6. The van der Waals surface area contributed by atoms with Gasteiger partial charge in [0.25, 0.3) is 0 Å². The Morgan fingerprint density at radius 3 is 2.42 bits per heavy atom. The van der Waals surface area contributed by atoms with E-state index in [-0.39, 0.29) is 18.6 Å². The molecule has 24 heavy (non-hydrogen) atoms. The number of rotatable bonds is 4. The van der Waals surface area contributed by atoms with Gasteiger partial charge in [-0.05, 0) is 57.4 Å². The van der Waals surface area contributed by atoms with Crippen molar-refractivity contribution in [2.24, 2.45) is 11.8 Å². The van der Waals surface area contributed by atoms with E-state index in [0.717, 1.165) is 38.6 Å². The molecule has 2 rings (SSSR count). The van der Waals surface area contributed by atoms with Crippen molar-refractivity contribution in [2.75, 3.05) is 26.7 Å². The molecule has 0 bridgehead atoms. The molecular weight excluding hydrogens is 306 g/mol. The third-order valence-electron chi connectivity index (χ3n) is 5.50. The number of amides is 2. The summed E-state index contributed by atoms with van der Waals surface area (Å²) in [5.74, 6) is 0.561. The van der Waals surface area contributed by atoms with Crippen molar-refractivity contribution in [3.63, 3.8) is 0 Å². The molecule has 1 aliphatic heterocycles. The van der Waals surface area contributed by atoms with Crippen LogP contribution in [0.2, 0.25) is 0 Å². The van der Waals surface area contributed by atoms with Crippen LogP contribution < -0.4 is 5.32 Å². The number of carboxylic acid groups (broad SMARTS) is 1. The number of aliphatic carboxylic acids is 1. The summed E-state index contributed by atoms with van der Waals surface area (Å²) in [7, 11) is 1.86. The van der Waals surface area contributed by atoms with Crippen molar-refractivity contribution in [1.82, 2.24) is 15.1 Å². The first-order valence-corrected chi connectivity index (χ1v) is 9.32. The maximum Gasteiger partial charge on any atom is 0.317 e. The first kappa shape index (κ1) is 19.0. The topological polar surface area (TPSA) is 72.9 Å². The smallest absolute Gasteiger partial charge is 0.317 e. The highest BCUT2D eigenvalue weighted by atomic mass is 16.4. The Bertz CT molecular complexity index is 433. The molecule has 6 nitrogen and oxygen atoms in total. The summed E-state index contributed by atoms with van der Waals surface area (Å²) in [5.41, 5.74) is 0. The fraction of sp³-hybridized carbons (Fsp3) is 0.889. The average molecular weight is 339 g/mol. The van der Waals surface area contributed by atoms with Gasteiger partial charge in [-0.15, -0.1) is 0 Å². The molecule has 1 saturated carbocycles. The van der Waals surface area contributed by atoms with Crippen molar-refractivity contribution < 1.29 is 14.7 Å². The number of nitrogens with one attached hydrogen (secondary N) is 1. The number of hydrogen-bond donors (Lipinski definition) is 2. The van der Waals surface area contributed by atoms with E-state index in [0.29, 0.717) is 24.4 Å². The molecule has 1 aliphatic carbocycles. The van der Waals surface area contributed by atoms with Crippen LogP contribution in [0.3, 0.4) is 0 Å². The van der Waals surface area contributed by atoms with Crippen LogP contribution in [0.15, 0.2) is 0 Å². The first-order valence-electron chi connectivity index (χ1n) is 9.32. The van der Waals surface area contributed by atoms with E-state index < -0.39 is 5.97 Å². The zero-order valence-electron chi connectivity index (χ0n) is 15.3. The van der Waals surface area contributed by atoms with Crippen LogP contribution in [0.5, 0.6) is 0 Å². The van der Waals surface area contributed by atoms with Gasteiger partial charge in [0.1, 0.15) is 0 Å². The third-order valence-corrected chi connectivity index (χ3v) is 5.50. The Balaban J connectivity index is 1.82. The largest absolute Gasteiger partial charge is 0.480 e. The van der Waals surface area contributed by atoms with Crippen molar-refractivity contribution >= 4 is 12.0 Å². The van der Waals surface area contributed by atoms with E-state index in [2.05, 4.69) is 19.2 Å². The van der Waals surface area contributed by atoms with Gasteiger partial charge in [-0.25, -0.2) is 4.79 Å². The quantitative estimate of drug-likeness (QED) is 0.825. The van der Waals surface area contributed by atoms with Crippen LogP contribution in [0.25, 0.3) is 0 Å². The van der Waals surface area contributed by atoms with Crippen molar-refractivity contribution in [1.29, 1.82) is 0 Å². The fourth-order valence-corrected chi connectivity index (χ4v) is 4.40. The van der Waals surface area contributed by atoms with Crippen molar-refractivity contribution in [2.45, 2.75) is 64.5 Å². The number of likely N-dealkylation sites (tertiary alicyclic amines) is 1. The lowest BCUT2D eigenvalue weighted by molar-refractivity contribution is -0.138. The minimum absolute atomic E-state index is 0.0582. The Kier molecular flexibility index (Phi) is 6.90. The van der Waals surface area contributed by atoms with Gasteiger partial charge < -0.3 is 15.3 Å². The number of nitrogens with zero attached hydrogens (tertiary/aromatic N) is 2. The zero-order chi connectivity index (χ0) is 17.7. The Labute approximate surface area is 145 Å². The normalized spacial score (nSPS) is 31.6. The van der Waals surface area contributed by atoms with Crippen LogP contribution in [-0.2, 0) is 4.79 Å². The summed E-state index contributed by atoms with van der Waals surface area (Å²) in [6.07, 6.45) is 6.13. The molecule has 2 N–H and O–H groups in total. The summed E-state index contributed by atoms with van der Waals surface area (Å²) in [4.78, 5) is 27.3. The molecule has 2 amide bonds. The predicted molar refractivity (Wildman–Crippen MR) is 94.0 cm³/mol. The zero-order valence-corrected chi connectivity index (χ0v) is 15.3. The van der Waals surface area contributed by atoms with Gasteiger partial charge in [0.05, 0.1) is 6.54 Å². The Hall–Kier alpha value is -1.30. The van der Waals surface area contributed by atoms with Crippen LogP contribution >= 0.6 is 0 Å². The molecule has 0 aromatic heterocycles. The molecule has 0 aromatic carbocycles. The van der Waals surface area contributed by atoms with E-state index >= 15 is 0 Å². The number of carboxylic acids is 1. The lowest BCUT2D eigenvalue weighted by Crippen LogP contribution is -2.47. The summed E-state index contributed by atoms with van der Waals surface area (Å²) in [6, 6.07) is 0.599. The van der Waals surface area contributed by atoms with Gasteiger partial charge in [0.2, 0.25) is 0 Å². The number of likely N-dealkylation sites (N-methyl/N-ethyl adjacent to an activating group) is 1. The minimum atomic E-state index is -0.795. The predicted octanol–water partition coefficient (Wildman–Crippen LogP) is 2.39. The Morgan fingerprint density at radius 2 is 1.79 bits per heavy atom. The van der Waals surface area contributed by atoms with Gasteiger partial charge in [0, 0.05) is 25.2 Å². The van der Waals surface area contributed by atoms with Crippen LogP contribution in [0, 0.1) is 11.8 Å². The molecule has 3 unspecified atom stereocenters. The standard InChI is InChI=1S/C18H33N3O3/c1-13-9-14(2)11-15(10-13)19-18(24)21-7-4-5-16(6-8-21)20(3)12-17(22)23/h13-16H,4-12H2,1-3H3,(H,19,24)(H,22,23). The number of hydrogen-bond acceptors (Lipinski definition) is 3. The molecule has 138 valence electrons. The minimum Gasteiger partial charge on any atom is -0.480 e. The van der Waals surface area contributed by atoms with Crippen molar-refractivity contribution in [3.05, 3.63) is 0 Å². The lowest BCUT2D eigenvalue weighted by Gasteiger charge is -2.33. The Morgan fingerprint density at radius 1 is 1.12 bits per heavy atom. The average Bonchev–Trinajstić information content (AvgIpc) is 2.71. The second kappa shape index (κ2) is 8.70. The van der Waals surface area contributed by atoms with E-state index in [1.165, 1.54) is 6.42 Å². The highest BCUT2D eigenvalue weighted by Crippen LogP contribution is 2.28. The summed E-state index contributed by atoms with van der Waals surface area (Å²) < 4.78 is 0. The molecule has 0 radical (unpaired) electrons. The molecular formula is C18H33N3O3. The van der Waals surface area contributed by atoms with E-state index in [9.17, 15) is 9.59 Å². The second-order valence-corrected chi connectivity index (χ2v) is 7.94. The van der Waals surface area contributed by atoms with E-state index in [1.54, 1.807) is 0 Å². The molecule has 1 heterocycles. The highest BCUT2D eigenvalue weighted by molar-refractivity contribution is 5.74. The molecule has 0 spiro atoms. The van der Waals surface area contributed by atoms with Crippen LogP contribution in [0.4, 0.5) is 4.79 Å². The molecule has 3 atom stereocenters.